The summed E-state index contributed by atoms with van der Waals surface area (Å²) in [4.78, 5) is 160. The van der Waals surface area contributed by atoms with Crippen molar-refractivity contribution in [3.05, 3.63) is 66.2 Å². The van der Waals surface area contributed by atoms with Gasteiger partial charge >= 0.3 is 5.97 Å². The average molecular weight is 1360 g/mol. The molecule has 5 aliphatic rings. The highest BCUT2D eigenvalue weighted by Gasteiger charge is 2.50. The highest BCUT2D eigenvalue weighted by Crippen LogP contribution is 2.41. The predicted octanol–water partition coefficient (Wildman–Crippen LogP) is -4.03. The van der Waals surface area contributed by atoms with Crippen LogP contribution in [0.15, 0.2) is 80.5 Å². The smallest absolute Gasteiger partial charge is 0.326 e. The van der Waals surface area contributed by atoms with Crippen molar-refractivity contribution in [2.75, 3.05) is 59.0 Å². The maximum Gasteiger partial charge on any atom is 0.326 e. The minimum absolute atomic E-state index is 0.0143. The van der Waals surface area contributed by atoms with Gasteiger partial charge in [-0.3, -0.25) is 58.1 Å². The molecular weight excluding hydrogens is 1260 g/mol. The van der Waals surface area contributed by atoms with Gasteiger partial charge in [-0.05, 0) is 100 Å². The molecule has 2 aromatic carbocycles. The zero-order chi connectivity index (χ0) is 69.6. The van der Waals surface area contributed by atoms with Crippen LogP contribution in [0.1, 0.15) is 102 Å². The second-order valence-electron chi connectivity index (χ2n) is 25.1. The fourth-order valence-electron chi connectivity index (χ4n) is 13.3. The van der Waals surface area contributed by atoms with E-state index in [1.54, 1.807) is 30.3 Å². The van der Waals surface area contributed by atoms with Crippen LogP contribution in [0, 0.1) is 11.8 Å². The van der Waals surface area contributed by atoms with Crippen molar-refractivity contribution in [1.82, 2.24) is 46.2 Å². The number of piperidine rings is 1. The van der Waals surface area contributed by atoms with E-state index in [0.29, 0.717) is 18.4 Å². The lowest BCUT2D eigenvalue weighted by atomic mass is 9.72. The number of carboxylic acid groups (broad SMARTS) is 1. The topological polar surface area (TPSA) is 524 Å². The monoisotopic (exact) mass is 1360 g/mol. The number of guanidine groups is 3. The number of carboxylic acids is 1. The number of nitrogens with one attached hydrogen (secondary N) is 5. The maximum atomic E-state index is 15.4. The molecule has 1 saturated carbocycles. The highest BCUT2D eigenvalue weighted by atomic mass is 32.2. The number of nitrogens with two attached hydrogens (primary N) is 7. The molecule has 2 aromatic rings. The van der Waals surface area contributed by atoms with E-state index >= 15 is 9.59 Å². The third-order valence-corrected chi connectivity index (χ3v) is 19.3. The molecule has 0 radical (unpaired) electrons. The predicted molar refractivity (Wildman–Crippen MR) is 356 cm³/mol. The van der Waals surface area contributed by atoms with Crippen LogP contribution in [0.2, 0.25) is 0 Å². The number of hydrogen-bond acceptors (Lipinski definition) is 17. The van der Waals surface area contributed by atoms with Gasteiger partial charge in [0.05, 0.1) is 25.3 Å². The number of aliphatic hydroxyl groups excluding tert-OH is 2. The third-order valence-electron chi connectivity index (χ3n) is 18.1. The number of thioether (sulfide) groups is 1. The summed E-state index contributed by atoms with van der Waals surface area (Å²) >= 11 is 1.46. The number of fused-ring (bicyclic) bond motifs is 1. The summed E-state index contributed by atoms with van der Waals surface area (Å²) in [6.07, 6.45) is 3.85. The van der Waals surface area contributed by atoms with Crippen molar-refractivity contribution >= 4 is 88.8 Å². The first kappa shape index (κ1) is 74.6. The van der Waals surface area contributed by atoms with Gasteiger partial charge in [-0.25, -0.2) is 4.79 Å². The van der Waals surface area contributed by atoms with Crippen molar-refractivity contribution in [1.29, 1.82) is 0 Å². The minimum atomic E-state index is -1.64. The molecule has 5 fully saturated rings. The molecule has 9 amide bonds. The molecule has 13 atom stereocenters. The van der Waals surface area contributed by atoms with Gasteiger partial charge in [-0.15, -0.1) is 11.8 Å². The van der Waals surface area contributed by atoms with Gasteiger partial charge in [0.25, 0.3) is 0 Å². The lowest BCUT2D eigenvalue weighted by Gasteiger charge is -2.47. The number of nitrogens with zero attached hydrogens (tertiary/aromatic N) is 7. The van der Waals surface area contributed by atoms with Crippen molar-refractivity contribution in [2.45, 2.75) is 173 Å². The Morgan fingerprint density at radius 3 is 1.74 bits per heavy atom. The van der Waals surface area contributed by atoms with Crippen LogP contribution in [-0.4, -0.2) is 237 Å². The molecule has 4 saturated heterocycles. The van der Waals surface area contributed by atoms with Crippen LogP contribution in [0.5, 0.6) is 0 Å². The van der Waals surface area contributed by atoms with Crippen LogP contribution in [0.4, 0.5) is 0 Å². The molecule has 0 aromatic heterocycles. The lowest BCUT2D eigenvalue weighted by molar-refractivity contribution is -0.155. The van der Waals surface area contributed by atoms with Gasteiger partial charge in [0.15, 0.2) is 17.9 Å². The number of carbonyl (C=O) groups excluding carboxylic acids is 9. The van der Waals surface area contributed by atoms with E-state index in [9.17, 15) is 53.7 Å². The normalized spacial score (nSPS) is 22.9. The van der Waals surface area contributed by atoms with E-state index in [1.807, 2.05) is 30.3 Å². The summed E-state index contributed by atoms with van der Waals surface area (Å²) in [6, 6.07) is 6.68. The fourth-order valence-corrected chi connectivity index (χ4v) is 14.5. The number of rotatable bonds is 32. The third kappa shape index (κ3) is 21.3. The summed E-state index contributed by atoms with van der Waals surface area (Å²) < 4.78 is 0. The van der Waals surface area contributed by atoms with E-state index in [1.165, 1.54) is 26.5 Å². The first-order valence-corrected chi connectivity index (χ1v) is 33.7. The number of hydrogen-bond donors (Lipinski definition) is 15. The first-order valence-electron chi connectivity index (χ1n) is 32.8. The molecule has 96 heavy (non-hydrogen) atoms. The van der Waals surface area contributed by atoms with Gasteiger partial charge in [0.2, 0.25) is 53.2 Å². The van der Waals surface area contributed by atoms with Gasteiger partial charge in [0.1, 0.15) is 48.3 Å². The quantitative estimate of drug-likeness (QED) is 0.0188. The Balaban J connectivity index is 1.03. The Morgan fingerprint density at radius 1 is 0.552 bits per heavy atom. The summed E-state index contributed by atoms with van der Waals surface area (Å²) in [5.41, 5.74) is 39.5. The highest BCUT2D eigenvalue weighted by molar-refractivity contribution is 8.00. The second kappa shape index (κ2) is 36.3. The summed E-state index contributed by atoms with van der Waals surface area (Å²) in [6.45, 7) is -1.16. The molecule has 526 valence electrons. The van der Waals surface area contributed by atoms with E-state index < -0.39 is 133 Å². The Labute approximate surface area is 561 Å². The van der Waals surface area contributed by atoms with Crippen molar-refractivity contribution < 1.29 is 63.3 Å². The number of aliphatic carboxylic acids is 1. The van der Waals surface area contributed by atoms with Gasteiger partial charge < -0.3 is 102 Å². The Morgan fingerprint density at radius 2 is 1.11 bits per heavy atom. The number of aliphatic hydroxyl groups is 2. The Hall–Kier alpha value is -8.82. The van der Waals surface area contributed by atoms with Gasteiger partial charge in [0, 0.05) is 68.8 Å². The lowest BCUT2D eigenvalue weighted by Crippen LogP contribution is -2.64. The van der Waals surface area contributed by atoms with Crippen LogP contribution < -0.4 is 66.7 Å². The van der Waals surface area contributed by atoms with Crippen LogP contribution in [-0.2, 0) is 54.4 Å². The minimum Gasteiger partial charge on any atom is -0.480 e. The molecule has 33 heteroatoms. The number of amides is 9. The molecule has 7 rings (SSSR count). The van der Waals surface area contributed by atoms with Crippen molar-refractivity contribution in [3.8, 4) is 0 Å². The Bertz CT molecular complexity index is 3120. The first-order chi connectivity index (χ1) is 45.9. The zero-order valence-electron chi connectivity index (χ0n) is 54.0. The molecule has 1 aliphatic carbocycles. The molecule has 0 spiro atoms. The van der Waals surface area contributed by atoms with Crippen molar-refractivity contribution in [3.63, 3.8) is 0 Å². The standard InChI is InChI=1S/C63H95N19O13S/c64-42(19-9-23-71-61(65)66)52(86)76-43(20-10-24-72-62(67)68)56(90)79-26-12-22-47(79)58(92)81-33-39(84)29-48(81)54(88)74-31-51(85)75-45(27-36-13-3-1-4-14-36)53(87)78-46(35-83)57(91)80-32-38-16-8-7-15-37(38)28-50(80)59(93)82-34-41(96-40-17-5-2-6-18-40)30-49(82)55(89)77-44(60(94)95)21-11-25-73-63(69)70/h1-6,13-14,17-18,37-39,41-50,83-84H,7-12,15-16,19-35,64H2,(H,74,88)(H,75,85)(H,76,86)(H,77,89)(H,78,87)(H,94,95)(H4,65,66,71)(H4,67,68,72)(H4,69,70,73). The Kier molecular flexibility index (Phi) is 28.2. The van der Waals surface area contributed by atoms with E-state index in [-0.39, 0.29) is 145 Å². The fraction of sp³-hybridized carbons (Fsp3) is 0.603. The molecular formula is C63H95N19O13S. The van der Waals surface area contributed by atoms with Crippen molar-refractivity contribution in [2.24, 2.45) is 66.9 Å². The van der Waals surface area contributed by atoms with E-state index in [0.717, 1.165) is 35.5 Å². The summed E-state index contributed by atoms with van der Waals surface area (Å²) in [7, 11) is 0. The van der Waals surface area contributed by atoms with E-state index in [4.69, 9.17) is 40.1 Å². The van der Waals surface area contributed by atoms with Gasteiger partial charge in [-0.2, -0.15) is 0 Å². The number of benzene rings is 2. The number of β-amino-alcohol motifs (C(OH)–C–C–N with tert-alkyl or cyclic N) is 1. The number of aliphatic imine (C=N–C) groups is 3. The molecule has 32 nitrogen and oxygen atoms in total. The van der Waals surface area contributed by atoms with Crippen LogP contribution in [0.25, 0.3) is 0 Å². The molecule has 22 N–H and O–H groups in total. The van der Waals surface area contributed by atoms with Crippen LogP contribution >= 0.6 is 11.8 Å². The molecule has 0 bridgehead atoms. The average Bonchev–Trinajstić information content (AvgIpc) is 1.34. The SMILES string of the molecule is NC(N)=NCCCC(N)C(=O)NC(CCCN=C(N)N)C(=O)N1CCCC1C(=O)N1CC(O)CC1C(=O)NCC(=O)NC(Cc1ccccc1)C(=O)NC(CO)C(=O)N1CC2CCCCC2CC1C(=O)N1CC(Sc2ccccc2)CC1C(=O)NC(CCCN=C(N)N)C(=O)O. The molecule has 4 aliphatic heterocycles. The largest absolute Gasteiger partial charge is 0.480 e. The summed E-state index contributed by atoms with van der Waals surface area (Å²) in [5.74, 6) is -8.23. The zero-order valence-corrected chi connectivity index (χ0v) is 54.8. The van der Waals surface area contributed by atoms with Gasteiger partial charge in [-0.1, -0.05) is 67.8 Å². The summed E-state index contributed by atoms with van der Waals surface area (Å²) in [5, 5.41) is 44.9. The molecule has 13 unspecified atom stereocenters. The maximum absolute atomic E-state index is 15.4. The van der Waals surface area contributed by atoms with Crippen LogP contribution in [0.3, 0.4) is 0 Å². The number of likely N-dealkylation sites (tertiary alicyclic amines) is 4. The molecule has 4 heterocycles. The number of carbonyl (C=O) groups is 10. The second-order valence-corrected chi connectivity index (χ2v) is 26.5. The van der Waals surface area contributed by atoms with E-state index in [2.05, 4.69) is 41.6 Å².